The number of hydrogen-bond acceptors (Lipinski definition) is 3. The zero-order chi connectivity index (χ0) is 12.5. The van der Waals surface area contributed by atoms with E-state index in [4.69, 9.17) is 11.6 Å². The van der Waals surface area contributed by atoms with Crippen LogP contribution >= 0.6 is 22.9 Å². The van der Waals surface area contributed by atoms with Gasteiger partial charge in [0.25, 0.3) is 0 Å². The van der Waals surface area contributed by atoms with Gasteiger partial charge in [0, 0.05) is 15.9 Å². The van der Waals surface area contributed by atoms with Crippen LogP contribution in [-0.4, -0.2) is 9.86 Å². The predicted octanol–water partition coefficient (Wildman–Crippen LogP) is 3.56. The number of alkyl halides is 1. The van der Waals surface area contributed by atoms with Crippen LogP contribution in [-0.2, 0) is 6.42 Å². The van der Waals surface area contributed by atoms with Crippen LogP contribution in [0.5, 0.6) is 0 Å². The van der Waals surface area contributed by atoms with E-state index in [1.165, 1.54) is 0 Å². The molecule has 0 spiro atoms. The molecule has 0 N–H and O–H groups in total. The molecule has 1 heterocycles. The van der Waals surface area contributed by atoms with E-state index in [1.54, 1.807) is 29.7 Å². The van der Waals surface area contributed by atoms with E-state index in [9.17, 15) is 4.79 Å². The smallest absolute Gasteiger partial charge is 0.205 e. The van der Waals surface area contributed by atoms with Crippen LogP contribution in [0.15, 0.2) is 29.2 Å². The summed E-state index contributed by atoms with van der Waals surface area (Å²) in [7, 11) is 0. The van der Waals surface area contributed by atoms with Gasteiger partial charge in [-0.25, -0.2) is 0 Å². The minimum Gasteiger partial charge on any atom is -0.287 e. The Balaban J connectivity index is 2.27. The number of nitrogens with zero attached hydrogens (tertiary/aromatic N) is 1. The van der Waals surface area contributed by atoms with Gasteiger partial charge >= 0.3 is 0 Å². The van der Waals surface area contributed by atoms with E-state index in [2.05, 4.69) is 4.98 Å². The first-order chi connectivity index (χ1) is 7.96. The molecule has 0 unspecified atom stereocenters. The molecule has 1 aliphatic carbocycles. The van der Waals surface area contributed by atoms with Gasteiger partial charge in [0.2, 0.25) is 5.43 Å². The maximum absolute atomic E-state index is 11.5. The normalized spacial score (nSPS) is 11.9. The van der Waals surface area contributed by atoms with Crippen molar-refractivity contribution in [2.45, 2.75) is 31.6 Å². The Bertz CT molecular complexity index is 544. The average Bonchev–Trinajstić information content (AvgIpc) is 2.26. The van der Waals surface area contributed by atoms with Crippen molar-refractivity contribution in [2.24, 2.45) is 0 Å². The molecule has 0 fully saturated rings. The summed E-state index contributed by atoms with van der Waals surface area (Å²) in [6.07, 6.45) is 3.58. The molecule has 0 aromatic heterocycles. The monoisotopic (exact) mass is 267 g/mol. The predicted molar refractivity (Wildman–Crippen MR) is 73.3 cm³/mol. The highest BCUT2D eigenvalue weighted by molar-refractivity contribution is 7.15. The van der Waals surface area contributed by atoms with Crippen molar-refractivity contribution in [3.63, 3.8) is 0 Å². The highest BCUT2D eigenvalue weighted by Gasteiger charge is 2.14. The van der Waals surface area contributed by atoms with Gasteiger partial charge in [0.05, 0.1) is 4.88 Å². The molecule has 0 amide bonds. The fourth-order valence-electron chi connectivity index (χ4n) is 1.55. The summed E-state index contributed by atoms with van der Waals surface area (Å²) in [4.78, 5) is 17.7. The van der Waals surface area contributed by atoms with E-state index in [1.807, 2.05) is 19.9 Å². The molecule has 2 aliphatic rings. The van der Waals surface area contributed by atoms with Gasteiger partial charge in [-0.3, -0.25) is 9.78 Å². The zero-order valence-corrected chi connectivity index (χ0v) is 11.4. The third-order valence-corrected chi connectivity index (χ3v) is 3.82. The first kappa shape index (κ1) is 12.5. The molecule has 2 rings (SSSR count). The lowest BCUT2D eigenvalue weighted by molar-refractivity contribution is 0.630. The highest BCUT2D eigenvalue weighted by atomic mass is 35.5. The van der Waals surface area contributed by atoms with E-state index >= 15 is 0 Å². The van der Waals surface area contributed by atoms with Crippen molar-refractivity contribution in [1.82, 2.24) is 4.98 Å². The van der Waals surface area contributed by atoms with Gasteiger partial charge in [-0.05, 0) is 38.8 Å². The molecule has 0 saturated carbocycles. The Morgan fingerprint density at radius 2 is 2.18 bits per heavy atom. The molecule has 0 aromatic carbocycles. The minimum atomic E-state index is -0.192. The summed E-state index contributed by atoms with van der Waals surface area (Å²) >= 11 is 7.78. The summed E-state index contributed by atoms with van der Waals surface area (Å²) in [5.41, 5.74) is 0.550. The molecule has 2 nitrogen and oxygen atoms in total. The first-order valence-electron chi connectivity index (χ1n) is 5.52. The number of fused-ring (bicyclic) bond motifs is 1. The summed E-state index contributed by atoms with van der Waals surface area (Å²) in [6, 6.07) is 5.26. The fourth-order valence-corrected chi connectivity index (χ4v) is 2.64. The molecule has 0 aromatic rings. The van der Waals surface area contributed by atoms with E-state index in [-0.39, 0.29) is 10.3 Å². The molecule has 1 aliphatic heterocycles. The molecular weight excluding hydrogens is 254 g/mol. The fraction of sp³-hybridized carbons (Fsp3) is 0.385. The lowest BCUT2D eigenvalue weighted by atomic mass is 10.1. The van der Waals surface area contributed by atoms with Gasteiger partial charge in [-0.1, -0.05) is 6.07 Å². The Morgan fingerprint density at radius 1 is 1.41 bits per heavy atom. The topological polar surface area (TPSA) is 30.0 Å². The van der Waals surface area contributed by atoms with Crippen molar-refractivity contribution in [3.8, 4) is 10.6 Å². The molecular formula is C13H14ClNOS. The molecule has 0 atom stereocenters. The van der Waals surface area contributed by atoms with E-state index < -0.39 is 0 Å². The van der Waals surface area contributed by atoms with Crippen molar-refractivity contribution in [3.05, 3.63) is 39.5 Å². The maximum atomic E-state index is 11.5. The Kier molecular flexibility index (Phi) is 3.50. The number of benzene rings is 1. The highest BCUT2D eigenvalue weighted by Crippen LogP contribution is 2.26. The van der Waals surface area contributed by atoms with Gasteiger partial charge in [0.15, 0.2) is 0 Å². The number of halogens is 1. The summed E-state index contributed by atoms with van der Waals surface area (Å²) in [5.74, 6) is 0. The Morgan fingerprint density at radius 3 is 2.88 bits per heavy atom. The Labute approximate surface area is 110 Å². The molecule has 17 heavy (non-hydrogen) atoms. The van der Waals surface area contributed by atoms with Crippen LogP contribution < -0.4 is 5.43 Å². The minimum absolute atomic E-state index is 0.0111. The Hall–Kier alpha value is -0.930. The lowest BCUT2D eigenvalue weighted by Gasteiger charge is -2.15. The van der Waals surface area contributed by atoms with Crippen LogP contribution in [0.25, 0.3) is 10.6 Å². The van der Waals surface area contributed by atoms with Gasteiger partial charge in [0.1, 0.15) is 5.69 Å². The van der Waals surface area contributed by atoms with Crippen LogP contribution in [0.3, 0.4) is 0 Å². The number of rotatable bonds is 3. The van der Waals surface area contributed by atoms with Crippen molar-refractivity contribution in [2.75, 3.05) is 0 Å². The lowest BCUT2D eigenvalue weighted by Crippen LogP contribution is -2.11. The van der Waals surface area contributed by atoms with Gasteiger partial charge in [-0.15, -0.1) is 22.9 Å². The van der Waals surface area contributed by atoms with Crippen LogP contribution in [0, 0.1) is 0 Å². The number of para-hydroxylation sites is 1. The third-order valence-electron chi connectivity index (χ3n) is 2.51. The average molecular weight is 268 g/mol. The standard InChI is InChI=1S/C13H14ClNOS/c1-13(2,14)7-6-9-8-15-12-10(16)4-3-5-11(12)17-9/h3-5,8H,6-7H2,1-2H3. The number of hydrogen-bond donors (Lipinski definition) is 0. The SMILES string of the molecule is CC(C)(Cl)CCc1cnc2c(=O)cccc-2s1. The molecule has 0 saturated heterocycles. The van der Waals surface area contributed by atoms with Crippen molar-refractivity contribution < 1.29 is 0 Å². The van der Waals surface area contributed by atoms with Crippen LogP contribution in [0.2, 0.25) is 0 Å². The number of aryl methyl sites for hydroxylation is 1. The van der Waals surface area contributed by atoms with E-state index in [0.29, 0.717) is 5.69 Å². The van der Waals surface area contributed by atoms with Crippen molar-refractivity contribution >= 4 is 22.9 Å². The third kappa shape index (κ3) is 3.27. The van der Waals surface area contributed by atoms with Crippen LogP contribution in [0.1, 0.15) is 25.1 Å². The first-order valence-corrected chi connectivity index (χ1v) is 6.72. The quantitative estimate of drug-likeness (QED) is 0.796. The van der Waals surface area contributed by atoms with Gasteiger partial charge in [-0.2, -0.15) is 0 Å². The second-order valence-corrected chi connectivity index (χ2v) is 6.84. The summed E-state index contributed by atoms with van der Waals surface area (Å²) in [5, 5.41) is 0. The molecule has 90 valence electrons. The van der Waals surface area contributed by atoms with Crippen LogP contribution in [0.4, 0.5) is 0 Å². The molecule has 0 bridgehead atoms. The second-order valence-electron chi connectivity index (χ2n) is 4.65. The number of aromatic nitrogens is 1. The summed E-state index contributed by atoms with van der Waals surface area (Å²) in [6.45, 7) is 4.01. The maximum Gasteiger partial charge on any atom is 0.205 e. The van der Waals surface area contributed by atoms with Crippen molar-refractivity contribution in [1.29, 1.82) is 0 Å². The summed E-state index contributed by atoms with van der Waals surface area (Å²) < 4.78 is 0. The van der Waals surface area contributed by atoms with E-state index in [0.717, 1.165) is 22.6 Å². The second kappa shape index (κ2) is 4.75. The zero-order valence-electron chi connectivity index (χ0n) is 9.87. The largest absolute Gasteiger partial charge is 0.287 e. The van der Waals surface area contributed by atoms with Gasteiger partial charge < -0.3 is 0 Å². The molecule has 4 heteroatoms. The molecule has 0 radical (unpaired) electrons.